The molecule has 1 amide bonds. The number of ether oxygens (including phenoxy) is 1. The minimum absolute atomic E-state index is 0.138. The zero-order valence-electron chi connectivity index (χ0n) is 16.3. The zero-order valence-corrected chi connectivity index (χ0v) is 17.0. The third kappa shape index (κ3) is 3.64. The van der Waals surface area contributed by atoms with Crippen molar-refractivity contribution in [3.8, 4) is 5.75 Å². The monoisotopic (exact) mass is 438 g/mol. The molecular weight excluding hydrogens is 423 g/mol. The number of aromatic nitrogens is 1. The number of anilines is 1. The number of rotatable bonds is 4. The van der Waals surface area contributed by atoms with Gasteiger partial charge in [0.15, 0.2) is 0 Å². The highest BCUT2D eigenvalue weighted by molar-refractivity contribution is 6.52. The van der Waals surface area contributed by atoms with Crippen molar-refractivity contribution in [2.75, 3.05) is 12.0 Å². The molecule has 31 heavy (non-hydrogen) atoms. The van der Waals surface area contributed by atoms with Gasteiger partial charge in [-0.3, -0.25) is 19.5 Å². The van der Waals surface area contributed by atoms with Gasteiger partial charge in [0.1, 0.15) is 23.4 Å². The van der Waals surface area contributed by atoms with Crippen molar-refractivity contribution in [1.82, 2.24) is 4.98 Å². The average Bonchev–Trinajstić information content (AvgIpc) is 3.05. The summed E-state index contributed by atoms with van der Waals surface area (Å²) in [6.07, 6.45) is 1.51. The molecule has 1 unspecified atom stereocenters. The largest absolute Gasteiger partial charge is 0.507 e. The van der Waals surface area contributed by atoms with Crippen LogP contribution in [0.15, 0.2) is 72.4 Å². The molecular formula is C23H16ClFN2O4. The number of halogens is 2. The van der Waals surface area contributed by atoms with Crippen LogP contribution in [0.3, 0.4) is 0 Å². The molecule has 6 nitrogen and oxygen atoms in total. The maximum atomic E-state index is 13.5. The van der Waals surface area contributed by atoms with Crippen LogP contribution in [-0.4, -0.2) is 28.9 Å². The summed E-state index contributed by atoms with van der Waals surface area (Å²) in [5.74, 6) is -2.31. The van der Waals surface area contributed by atoms with Crippen molar-refractivity contribution in [3.63, 3.8) is 0 Å². The smallest absolute Gasteiger partial charge is 0.300 e. The second-order valence-electron chi connectivity index (χ2n) is 6.75. The fraction of sp³-hybridized carbons (Fsp3) is 0.0870. The number of aliphatic hydroxyl groups is 1. The number of ketones is 1. The number of methoxy groups -OCH3 is 1. The molecule has 1 aromatic heterocycles. The summed E-state index contributed by atoms with van der Waals surface area (Å²) in [5, 5.41) is 11.3. The van der Waals surface area contributed by atoms with Crippen molar-refractivity contribution in [2.24, 2.45) is 0 Å². The molecule has 2 aromatic carbocycles. The normalized spacial score (nSPS) is 17.8. The summed E-state index contributed by atoms with van der Waals surface area (Å²) in [7, 11) is 1.45. The Morgan fingerprint density at radius 1 is 1.13 bits per heavy atom. The van der Waals surface area contributed by atoms with Crippen LogP contribution in [0.25, 0.3) is 5.76 Å². The quantitative estimate of drug-likeness (QED) is 0.368. The van der Waals surface area contributed by atoms with Gasteiger partial charge >= 0.3 is 0 Å². The zero-order chi connectivity index (χ0) is 22.1. The van der Waals surface area contributed by atoms with Crippen LogP contribution in [0.1, 0.15) is 17.3 Å². The molecule has 4 rings (SSSR count). The van der Waals surface area contributed by atoms with Gasteiger partial charge in [-0.25, -0.2) is 4.39 Å². The summed E-state index contributed by atoms with van der Waals surface area (Å²) in [6, 6.07) is 13.7. The first-order valence-electron chi connectivity index (χ1n) is 9.23. The van der Waals surface area contributed by atoms with E-state index >= 15 is 0 Å². The van der Waals surface area contributed by atoms with Gasteiger partial charge in [0.05, 0.1) is 23.4 Å². The molecule has 2 heterocycles. The second kappa shape index (κ2) is 8.20. The number of benzene rings is 2. The highest BCUT2D eigenvalue weighted by atomic mass is 35.5. The average molecular weight is 439 g/mol. The molecule has 0 radical (unpaired) electrons. The number of amides is 1. The first-order chi connectivity index (χ1) is 14.9. The van der Waals surface area contributed by atoms with Crippen LogP contribution >= 0.6 is 11.6 Å². The Morgan fingerprint density at radius 3 is 2.52 bits per heavy atom. The molecule has 1 saturated heterocycles. The fourth-order valence-corrected chi connectivity index (χ4v) is 3.68. The van der Waals surface area contributed by atoms with Gasteiger partial charge in [-0.15, -0.1) is 0 Å². The van der Waals surface area contributed by atoms with Crippen LogP contribution < -0.4 is 9.64 Å². The van der Waals surface area contributed by atoms with Crippen molar-refractivity contribution < 1.29 is 23.8 Å². The number of Topliss-reactive ketones (excluding diaryl/α,β-unsaturated/α-hetero) is 1. The molecule has 156 valence electrons. The predicted octanol–water partition coefficient (Wildman–Crippen LogP) is 4.51. The lowest BCUT2D eigenvalue weighted by Gasteiger charge is -2.24. The van der Waals surface area contributed by atoms with E-state index in [4.69, 9.17) is 16.3 Å². The van der Waals surface area contributed by atoms with Crippen molar-refractivity contribution in [3.05, 3.63) is 94.5 Å². The van der Waals surface area contributed by atoms with E-state index < -0.39 is 29.3 Å². The van der Waals surface area contributed by atoms with E-state index in [0.29, 0.717) is 11.4 Å². The van der Waals surface area contributed by atoms with Gasteiger partial charge in [-0.2, -0.15) is 0 Å². The number of hydrogen-bond acceptors (Lipinski definition) is 5. The summed E-state index contributed by atoms with van der Waals surface area (Å²) in [5.41, 5.74) is 0.601. The number of aliphatic hydroxyl groups excluding tert-OH is 1. The Morgan fingerprint density at radius 2 is 1.87 bits per heavy atom. The number of pyridine rings is 1. The van der Waals surface area contributed by atoms with E-state index in [-0.39, 0.29) is 21.8 Å². The van der Waals surface area contributed by atoms with Crippen molar-refractivity contribution >= 4 is 34.7 Å². The SMILES string of the molecule is COc1ccc(Cl)c(/C(O)=C2\C(=O)C(=O)N(c3ccc(F)cc3)C2c2ccccn2)c1. The number of hydrogen-bond donors (Lipinski definition) is 1. The fourth-order valence-electron chi connectivity index (χ4n) is 3.48. The Hall–Kier alpha value is -3.71. The Bertz CT molecular complexity index is 1200. The van der Waals surface area contributed by atoms with Gasteiger partial charge < -0.3 is 9.84 Å². The lowest BCUT2D eigenvalue weighted by Crippen LogP contribution is -2.29. The van der Waals surface area contributed by atoms with Gasteiger partial charge in [-0.1, -0.05) is 17.7 Å². The maximum absolute atomic E-state index is 13.5. The molecule has 0 saturated carbocycles. The van der Waals surface area contributed by atoms with E-state index in [1.165, 1.54) is 54.6 Å². The minimum Gasteiger partial charge on any atom is -0.507 e. The number of carbonyl (C=O) groups is 2. The van der Waals surface area contributed by atoms with Crippen molar-refractivity contribution in [2.45, 2.75) is 6.04 Å². The van der Waals surface area contributed by atoms with Gasteiger partial charge in [0.2, 0.25) is 0 Å². The Kier molecular flexibility index (Phi) is 5.44. The van der Waals surface area contributed by atoms with E-state index in [1.54, 1.807) is 24.3 Å². The summed E-state index contributed by atoms with van der Waals surface area (Å²) in [4.78, 5) is 31.5. The lowest BCUT2D eigenvalue weighted by atomic mass is 9.98. The van der Waals surface area contributed by atoms with E-state index in [0.717, 1.165) is 0 Å². The Balaban J connectivity index is 1.96. The van der Waals surface area contributed by atoms with Gasteiger partial charge in [-0.05, 0) is 54.6 Å². The summed E-state index contributed by atoms with van der Waals surface area (Å²) >= 11 is 6.26. The molecule has 1 atom stereocenters. The molecule has 0 aliphatic carbocycles. The number of nitrogens with zero attached hydrogens (tertiary/aromatic N) is 2. The lowest BCUT2D eigenvalue weighted by molar-refractivity contribution is -0.132. The van der Waals surface area contributed by atoms with Crippen LogP contribution in [-0.2, 0) is 9.59 Å². The van der Waals surface area contributed by atoms with Crippen LogP contribution in [0.5, 0.6) is 5.75 Å². The minimum atomic E-state index is -1.03. The maximum Gasteiger partial charge on any atom is 0.300 e. The van der Waals surface area contributed by atoms with Crippen LogP contribution in [0.4, 0.5) is 10.1 Å². The van der Waals surface area contributed by atoms with E-state index in [1.807, 2.05) is 0 Å². The third-order valence-electron chi connectivity index (χ3n) is 4.95. The van der Waals surface area contributed by atoms with E-state index in [2.05, 4.69) is 4.98 Å². The standard InChI is InChI=1S/C23H16ClFN2O4/c1-31-15-9-10-17(24)16(12-15)21(28)19-20(18-4-2-3-11-26-18)27(23(30)22(19)29)14-7-5-13(25)6-8-14/h2-12,20,28H,1H3/b21-19+. The predicted molar refractivity (Wildman–Crippen MR) is 113 cm³/mol. The molecule has 0 bridgehead atoms. The molecule has 1 aliphatic rings. The highest BCUT2D eigenvalue weighted by Crippen LogP contribution is 2.42. The summed E-state index contributed by atoms with van der Waals surface area (Å²) in [6.45, 7) is 0. The van der Waals surface area contributed by atoms with Crippen molar-refractivity contribution in [1.29, 1.82) is 0 Å². The van der Waals surface area contributed by atoms with Gasteiger partial charge in [0.25, 0.3) is 11.7 Å². The molecule has 1 N–H and O–H groups in total. The van der Waals surface area contributed by atoms with Crippen LogP contribution in [0, 0.1) is 5.82 Å². The molecule has 1 aliphatic heterocycles. The summed E-state index contributed by atoms with van der Waals surface area (Å²) < 4.78 is 18.6. The molecule has 0 spiro atoms. The first-order valence-corrected chi connectivity index (χ1v) is 9.61. The molecule has 1 fully saturated rings. The molecule has 3 aromatic rings. The van der Waals surface area contributed by atoms with E-state index in [9.17, 15) is 19.1 Å². The van der Waals surface area contributed by atoms with Crippen LogP contribution in [0.2, 0.25) is 5.02 Å². The molecule has 8 heteroatoms. The van der Waals surface area contributed by atoms with Gasteiger partial charge in [0, 0.05) is 17.4 Å². The highest BCUT2D eigenvalue weighted by Gasteiger charge is 2.47. The third-order valence-corrected chi connectivity index (χ3v) is 5.28. The second-order valence-corrected chi connectivity index (χ2v) is 7.15. The first kappa shape index (κ1) is 20.6. The number of carbonyl (C=O) groups excluding carboxylic acids is 2. The Labute approximate surface area is 182 Å². The topological polar surface area (TPSA) is 79.7 Å².